The standard InChI is InChI=1S/C28H39N5O8/c1-18(2)26(32-23(36)11-14-41-15-13-33-24(37)9-10-25(33)38)22(35)16-20(4-3-12-30-28(29)40)27(39)31-21-7-5-19(17-34)6-8-21/h5-10,18,20,26,34H,3-4,11-17H2,1-2H3,(H,31,39)(H,32,36)(H3,29,30,40)/t20-,26+/m1/s1. The van der Waals surface area contributed by atoms with Crippen LogP contribution in [0, 0.1) is 11.8 Å². The first kappa shape index (κ1) is 33.1. The van der Waals surface area contributed by atoms with Gasteiger partial charge in [0.1, 0.15) is 0 Å². The van der Waals surface area contributed by atoms with E-state index in [0.717, 1.165) is 4.90 Å². The van der Waals surface area contributed by atoms with Crippen LogP contribution >= 0.6 is 0 Å². The van der Waals surface area contributed by atoms with Crippen LogP contribution in [0.5, 0.6) is 0 Å². The van der Waals surface area contributed by atoms with E-state index < -0.39 is 35.7 Å². The quantitative estimate of drug-likeness (QED) is 0.124. The number of anilines is 1. The number of imide groups is 1. The third kappa shape index (κ3) is 11.5. The van der Waals surface area contributed by atoms with Crippen LogP contribution in [0.3, 0.4) is 0 Å². The van der Waals surface area contributed by atoms with Crippen molar-refractivity contribution < 1.29 is 38.6 Å². The predicted molar refractivity (Wildman–Crippen MR) is 149 cm³/mol. The summed E-state index contributed by atoms with van der Waals surface area (Å²) in [5, 5.41) is 17.2. The van der Waals surface area contributed by atoms with Gasteiger partial charge in [0.15, 0.2) is 5.78 Å². The molecule has 6 amide bonds. The molecule has 0 bridgehead atoms. The number of Topliss-reactive ketones (excluding diaryl/α,β-unsaturated/α-hetero) is 1. The molecular formula is C28H39N5O8. The summed E-state index contributed by atoms with van der Waals surface area (Å²) in [6.07, 6.45) is 2.88. The van der Waals surface area contributed by atoms with Crippen molar-refractivity contribution in [3.8, 4) is 0 Å². The molecule has 2 atom stereocenters. The van der Waals surface area contributed by atoms with Gasteiger partial charge in [-0.3, -0.25) is 28.9 Å². The minimum absolute atomic E-state index is 0.0292. The van der Waals surface area contributed by atoms with Crippen LogP contribution < -0.4 is 21.7 Å². The first-order valence-electron chi connectivity index (χ1n) is 13.5. The molecule has 41 heavy (non-hydrogen) atoms. The van der Waals surface area contributed by atoms with Crippen molar-refractivity contribution in [2.24, 2.45) is 17.6 Å². The highest BCUT2D eigenvalue weighted by Gasteiger charge is 2.29. The van der Waals surface area contributed by atoms with Crippen LogP contribution in [-0.4, -0.2) is 77.8 Å². The van der Waals surface area contributed by atoms with E-state index in [4.69, 9.17) is 10.5 Å². The maximum atomic E-state index is 13.3. The Hall–Kier alpha value is -4.10. The molecule has 13 nitrogen and oxygen atoms in total. The molecule has 0 aromatic heterocycles. The van der Waals surface area contributed by atoms with Crippen LogP contribution in [0.2, 0.25) is 0 Å². The van der Waals surface area contributed by atoms with E-state index in [1.165, 1.54) is 12.2 Å². The first-order chi connectivity index (χ1) is 19.5. The summed E-state index contributed by atoms with van der Waals surface area (Å²) in [6, 6.07) is 5.11. The number of nitrogens with one attached hydrogen (secondary N) is 3. The molecule has 0 fully saturated rings. The van der Waals surface area contributed by atoms with Gasteiger partial charge in [0.25, 0.3) is 11.8 Å². The number of aliphatic hydroxyl groups is 1. The van der Waals surface area contributed by atoms with Gasteiger partial charge in [0.2, 0.25) is 11.8 Å². The van der Waals surface area contributed by atoms with Gasteiger partial charge in [-0.25, -0.2) is 4.79 Å². The number of ether oxygens (including phenoxy) is 1. The molecule has 0 spiro atoms. The third-order valence-electron chi connectivity index (χ3n) is 6.41. The molecule has 2 rings (SSSR count). The Morgan fingerprint density at radius 3 is 2.27 bits per heavy atom. The highest BCUT2D eigenvalue weighted by atomic mass is 16.5. The molecule has 0 aliphatic carbocycles. The molecule has 6 N–H and O–H groups in total. The normalized spacial score (nSPS) is 14.2. The highest BCUT2D eigenvalue weighted by molar-refractivity contribution is 6.12. The van der Waals surface area contributed by atoms with Gasteiger partial charge in [-0.15, -0.1) is 0 Å². The number of aliphatic hydroxyl groups excluding tert-OH is 1. The van der Waals surface area contributed by atoms with E-state index in [0.29, 0.717) is 17.7 Å². The van der Waals surface area contributed by atoms with Gasteiger partial charge in [0, 0.05) is 43.1 Å². The largest absolute Gasteiger partial charge is 0.392 e. The maximum Gasteiger partial charge on any atom is 0.312 e. The molecule has 1 aliphatic heterocycles. The molecule has 13 heteroatoms. The molecule has 1 aliphatic rings. The number of hydrogen-bond acceptors (Lipinski definition) is 8. The number of rotatable bonds is 18. The van der Waals surface area contributed by atoms with Crippen LogP contribution in [0.1, 0.15) is 45.1 Å². The molecule has 224 valence electrons. The smallest absolute Gasteiger partial charge is 0.312 e. The van der Waals surface area contributed by atoms with Crippen LogP contribution in [0.25, 0.3) is 0 Å². The zero-order valence-electron chi connectivity index (χ0n) is 23.4. The first-order valence-corrected chi connectivity index (χ1v) is 13.5. The zero-order chi connectivity index (χ0) is 30.4. The number of urea groups is 1. The Morgan fingerprint density at radius 1 is 1.02 bits per heavy atom. The molecule has 1 aromatic rings. The average Bonchev–Trinajstić information content (AvgIpc) is 3.25. The second kappa shape index (κ2) is 16.9. The molecule has 0 radical (unpaired) electrons. The molecule has 1 aromatic carbocycles. The maximum absolute atomic E-state index is 13.3. The minimum Gasteiger partial charge on any atom is -0.392 e. The summed E-state index contributed by atoms with van der Waals surface area (Å²) in [5.74, 6) is -2.92. The molecule has 0 saturated carbocycles. The lowest BCUT2D eigenvalue weighted by Crippen LogP contribution is -2.46. The Balaban J connectivity index is 1.92. The zero-order valence-corrected chi connectivity index (χ0v) is 23.4. The van der Waals surface area contributed by atoms with Crippen molar-refractivity contribution in [2.45, 2.75) is 52.2 Å². The van der Waals surface area contributed by atoms with E-state index >= 15 is 0 Å². The number of primary amides is 1. The van der Waals surface area contributed by atoms with E-state index in [-0.39, 0.29) is 69.8 Å². The topological polar surface area (TPSA) is 197 Å². The summed E-state index contributed by atoms with van der Waals surface area (Å²) in [6.45, 7) is 3.84. The van der Waals surface area contributed by atoms with Gasteiger partial charge >= 0.3 is 6.03 Å². The molecular weight excluding hydrogens is 534 g/mol. The minimum atomic E-state index is -0.837. The Labute approximate surface area is 238 Å². The summed E-state index contributed by atoms with van der Waals surface area (Å²) in [7, 11) is 0. The Morgan fingerprint density at radius 2 is 1.68 bits per heavy atom. The number of hydrogen-bond donors (Lipinski definition) is 5. The second-order valence-electron chi connectivity index (χ2n) is 9.96. The monoisotopic (exact) mass is 573 g/mol. The fourth-order valence-corrected chi connectivity index (χ4v) is 4.13. The van der Waals surface area contributed by atoms with Gasteiger partial charge < -0.3 is 31.5 Å². The molecule has 0 unspecified atom stereocenters. The number of nitrogens with zero attached hydrogens (tertiary/aromatic N) is 1. The highest BCUT2D eigenvalue weighted by Crippen LogP contribution is 2.19. The number of carbonyl (C=O) groups is 6. The number of carbonyl (C=O) groups excluding carboxylic acids is 6. The number of amides is 6. The average molecular weight is 574 g/mol. The van der Waals surface area contributed by atoms with Crippen LogP contribution in [0.4, 0.5) is 10.5 Å². The van der Waals surface area contributed by atoms with Crippen molar-refractivity contribution in [1.29, 1.82) is 0 Å². The van der Waals surface area contributed by atoms with Gasteiger partial charge in [0.05, 0.1) is 32.4 Å². The Bertz CT molecular complexity index is 1100. The second-order valence-corrected chi connectivity index (χ2v) is 9.96. The van der Waals surface area contributed by atoms with Crippen molar-refractivity contribution in [3.05, 3.63) is 42.0 Å². The third-order valence-corrected chi connectivity index (χ3v) is 6.41. The van der Waals surface area contributed by atoms with Crippen molar-refractivity contribution in [3.63, 3.8) is 0 Å². The fourth-order valence-electron chi connectivity index (χ4n) is 4.13. The lowest BCUT2D eigenvalue weighted by molar-refractivity contribution is -0.138. The number of nitrogens with two attached hydrogens (primary N) is 1. The summed E-state index contributed by atoms with van der Waals surface area (Å²) >= 11 is 0. The van der Waals surface area contributed by atoms with E-state index in [1.807, 2.05) is 0 Å². The summed E-state index contributed by atoms with van der Waals surface area (Å²) in [5.41, 5.74) is 6.29. The Kier molecular flexibility index (Phi) is 13.6. The number of ketones is 1. The lowest BCUT2D eigenvalue weighted by atomic mass is 9.89. The summed E-state index contributed by atoms with van der Waals surface area (Å²) in [4.78, 5) is 74.1. The van der Waals surface area contributed by atoms with E-state index in [1.54, 1.807) is 38.1 Å². The van der Waals surface area contributed by atoms with Gasteiger partial charge in [-0.1, -0.05) is 26.0 Å². The van der Waals surface area contributed by atoms with E-state index in [2.05, 4.69) is 16.0 Å². The number of benzene rings is 1. The van der Waals surface area contributed by atoms with Crippen molar-refractivity contribution >= 4 is 41.1 Å². The van der Waals surface area contributed by atoms with E-state index in [9.17, 15) is 33.9 Å². The fraction of sp³-hybridized carbons (Fsp3) is 0.500. The lowest BCUT2D eigenvalue weighted by Gasteiger charge is -2.24. The van der Waals surface area contributed by atoms with Gasteiger partial charge in [-0.2, -0.15) is 0 Å². The van der Waals surface area contributed by atoms with Crippen LogP contribution in [0.15, 0.2) is 36.4 Å². The van der Waals surface area contributed by atoms with Crippen molar-refractivity contribution in [1.82, 2.24) is 15.5 Å². The predicted octanol–water partition coefficient (Wildman–Crippen LogP) is 0.614. The van der Waals surface area contributed by atoms with Crippen LogP contribution in [-0.2, 0) is 35.3 Å². The SMILES string of the molecule is CC(C)[C@H](NC(=O)CCOCCN1C(=O)C=CC1=O)C(=O)C[C@@H](CCCNC(N)=O)C(=O)Nc1ccc(CO)cc1. The van der Waals surface area contributed by atoms with Crippen molar-refractivity contribution in [2.75, 3.05) is 31.6 Å². The molecule has 0 saturated heterocycles. The summed E-state index contributed by atoms with van der Waals surface area (Å²) < 4.78 is 5.38. The van der Waals surface area contributed by atoms with Gasteiger partial charge in [-0.05, 0) is 36.5 Å². The molecule has 1 heterocycles.